The van der Waals surface area contributed by atoms with Crippen LogP contribution in [0.25, 0.3) is 22.3 Å². The SMILES string of the molecule is Clc1cccc(-c2oc3ccc(Cl)cc3c2C2=NCCN2)c1. The Morgan fingerprint density at radius 3 is 2.68 bits per heavy atom. The van der Waals surface area contributed by atoms with Gasteiger partial charge in [0.1, 0.15) is 17.2 Å². The van der Waals surface area contributed by atoms with Gasteiger partial charge >= 0.3 is 0 Å². The van der Waals surface area contributed by atoms with Crippen molar-refractivity contribution in [2.24, 2.45) is 4.99 Å². The quantitative estimate of drug-likeness (QED) is 0.735. The van der Waals surface area contributed by atoms with E-state index in [0.29, 0.717) is 10.0 Å². The fraction of sp³-hybridized carbons (Fsp3) is 0.118. The van der Waals surface area contributed by atoms with Gasteiger partial charge in [-0.2, -0.15) is 0 Å². The Balaban J connectivity index is 2.03. The Kier molecular flexibility index (Phi) is 3.32. The van der Waals surface area contributed by atoms with E-state index in [0.717, 1.165) is 46.8 Å². The Morgan fingerprint density at radius 2 is 1.91 bits per heavy atom. The summed E-state index contributed by atoms with van der Waals surface area (Å²) in [4.78, 5) is 4.54. The summed E-state index contributed by atoms with van der Waals surface area (Å²) in [6, 6.07) is 13.2. The van der Waals surface area contributed by atoms with Crippen molar-refractivity contribution in [3.8, 4) is 11.3 Å². The second-order valence-corrected chi connectivity index (χ2v) is 5.99. The predicted molar refractivity (Wildman–Crippen MR) is 91.1 cm³/mol. The van der Waals surface area contributed by atoms with Crippen LogP contribution in [0.3, 0.4) is 0 Å². The number of fused-ring (bicyclic) bond motifs is 1. The summed E-state index contributed by atoms with van der Waals surface area (Å²) in [6.45, 7) is 1.59. The van der Waals surface area contributed by atoms with E-state index in [-0.39, 0.29) is 0 Å². The van der Waals surface area contributed by atoms with Gasteiger partial charge in [-0.15, -0.1) is 0 Å². The van der Waals surface area contributed by atoms with Crippen LogP contribution in [0.5, 0.6) is 0 Å². The Bertz CT molecular complexity index is 899. The lowest BCUT2D eigenvalue weighted by Crippen LogP contribution is -2.19. The molecule has 3 aromatic rings. The third-order valence-corrected chi connectivity index (χ3v) is 4.12. The summed E-state index contributed by atoms with van der Waals surface area (Å²) >= 11 is 12.3. The highest BCUT2D eigenvalue weighted by Gasteiger charge is 2.22. The molecular formula is C17H12Cl2N2O. The van der Waals surface area contributed by atoms with Crippen molar-refractivity contribution in [1.82, 2.24) is 5.32 Å². The fourth-order valence-corrected chi connectivity index (χ4v) is 3.07. The van der Waals surface area contributed by atoms with Crippen molar-refractivity contribution in [2.45, 2.75) is 0 Å². The van der Waals surface area contributed by atoms with Crippen LogP contribution in [0.1, 0.15) is 5.56 Å². The van der Waals surface area contributed by atoms with Gasteiger partial charge in [0.05, 0.1) is 12.1 Å². The van der Waals surface area contributed by atoms with Crippen molar-refractivity contribution >= 4 is 40.0 Å². The Labute approximate surface area is 137 Å². The third-order valence-electron chi connectivity index (χ3n) is 3.65. The lowest BCUT2D eigenvalue weighted by molar-refractivity contribution is 0.630. The molecule has 1 aliphatic rings. The second-order valence-electron chi connectivity index (χ2n) is 5.11. The minimum absolute atomic E-state index is 0.670. The van der Waals surface area contributed by atoms with Crippen LogP contribution in [0.15, 0.2) is 51.9 Å². The maximum Gasteiger partial charge on any atom is 0.146 e. The number of amidine groups is 1. The zero-order chi connectivity index (χ0) is 15.1. The van der Waals surface area contributed by atoms with Gasteiger partial charge in [0.25, 0.3) is 0 Å². The van der Waals surface area contributed by atoms with E-state index in [1.54, 1.807) is 0 Å². The molecule has 110 valence electrons. The van der Waals surface area contributed by atoms with Gasteiger partial charge in [0.15, 0.2) is 0 Å². The van der Waals surface area contributed by atoms with Gasteiger partial charge in [-0.25, -0.2) is 0 Å². The molecule has 4 rings (SSSR count). The average molecular weight is 331 g/mol. The fourth-order valence-electron chi connectivity index (χ4n) is 2.70. The number of hydrogen-bond acceptors (Lipinski definition) is 3. The molecule has 0 bridgehead atoms. The van der Waals surface area contributed by atoms with Crippen molar-refractivity contribution in [2.75, 3.05) is 13.1 Å². The third kappa shape index (κ3) is 2.27. The monoisotopic (exact) mass is 330 g/mol. The first kappa shape index (κ1) is 13.7. The molecule has 2 aromatic carbocycles. The van der Waals surface area contributed by atoms with Crippen molar-refractivity contribution in [3.63, 3.8) is 0 Å². The molecule has 5 heteroatoms. The summed E-state index contributed by atoms with van der Waals surface area (Å²) in [7, 11) is 0. The molecule has 1 N–H and O–H groups in total. The molecule has 1 aliphatic heterocycles. The van der Waals surface area contributed by atoms with E-state index >= 15 is 0 Å². The highest BCUT2D eigenvalue weighted by molar-refractivity contribution is 6.32. The molecule has 3 nitrogen and oxygen atoms in total. The topological polar surface area (TPSA) is 37.5 Å². The van der Waals surface area contributed by atoms with Crippen LogP contribution in [-0.4, -0.2) is 18.9 Å². The van der Waals surface area contributed by atoms with Crippen molar-refractivity contribution in [1.29, 1.82) is 0 Å². The van der Waals surface area contributed by atoms with Crippen LogP contribution in [-0.2, 0) is 0 Å². The largest absolute Gasteiger partial charge is 0.455 e. The summed E-state index contributed by atoms with van der Waals surface area (Å²) in [5.41, 5.74) is 2.65. The van der Waals surface area contributed by atoms with Crippen LogP contribution in [0.2, 0.25) is 10.0 Å². The summed E-state index contributed by atoms with van der Waals surface area (Å²) in [5, 5.41) is 5.61. The van der Waals surface area contributed by atoms with Gasteiger partial charge < -0.3 is 9.73 Å². The Hall–Kier alpha value is -1.97. The minimum Gasteiger partial charge on any atom is -0.455 e. The molecule has 0 fully saturated rings. The number of nitrogens with one attached hydrogen (secondary N) is 1. The molecule has 0 unspecified atom stereocenters. The Morgan fingerprint density at radius 1 is 1.05 bits per heavy atom. The first-order valence-electron chi connectivity index (χ1n) is 6.99. The molecule has 22 heavy (non-hydrogen) atoms. The molecule has 0 radical (unpaired) electrons. The molecule has 0 saturated heterocycles. The standard InChI is InChI=1S/C17H12Cl2N2O/c18-11-3-1-2-10(8-11)16-15(17-20-6-7-21-17)13-9-12(19)4-5-14(13)22-16/h1-5,8-9H,6-7H2,(H,20,21). The van der Waals surface area contributed by atoms with Crippen LogP contribution in [0.4, 0.5) is 0 Å². The van der Waals surface area contributed by atoms with E-state index in [9.17, 15) is 0 Å². The second kappa shape index (κ2) is 5.34. The molecule has 2 heterocycles. The summed E-state index contributed by atoms with van der Waals surface area (Å²) < 4.78 is 6.07. The lowest BCUT2D eigenvalue weighted by Gasteiger charge is -2.05. The van der Waals surface area contributed by atoms with Gasteiger partial charge in [0, 0.05) is 27.5 Å². The average Bonchev–Trinajstić information content (AvgIpc) is 3.13. The molecule has 0 spiro atoms. The van der Waals surface area contributed by atoms with E-state index in [4.69, 9.17) is 27.6 Å². The molecule has 1 aromatic heterocycles. The maximum atomic E-state index is 6.15. The van der Waals surface area contributed by atoms with Crippen molar-refractivity contribution in [3.05, 3.63) is 58.1 Å². The molecular weight excluding hydrogens is 319 g/mol. The molecule has 0 amide bonds. The smallest absolute Gasteiger partial charge is 0.146 e. The number of halogens is 2. The lowest BCUT2D eigenvalue weighted by atomic mass is 10.0. The number of furan rings is 1. The number of nitrogens with zero attached hydrogens (tertiary/aromatic N) is 1. The number of aliphatic imine (C=N–C) groups is 1. The minimum atomic E-state index is 0.670. The maximum absolute atomic E-state index is 6.15. The van der Waals surface area contributed by atoms with Gasteiger partial charge in [-0.05, 0) is 30.3 Å². The molecule has 0 atom stereocenters. The van der Waals surface area contributed by atoms with Crippen LogP contribution >= 0.6 is 23.2 Å². The number of hydrogen-bond donors (Lipinski definition) is 1. The highest BCUT2D eigenvalue weighted by atomic mass is 35.5. The predicted octanol–water partition coefficient (Wildman–Crippen LogP) is 4.76. The van der Waals surface area contributed by atoms with Crippen LogP contribution < -0.4 is 5.32 Å². The summed E-state index contributed by atoms with van der Waals surface area (Å²) in [6.07, 6.45) is 0. The summed E-state index contributed by atoms with van der Waals surface area (Å²) in [5.74, 6) is 1.60. The normalized spacial score (nSPS) is 14.2. The zero-order valence-electron chi connectivity index (χ0n) is 11.6. The number of rotatable bonds is 2. The zero-order valence-corrected chi connectivity index (χ0v) is 13.1. The molecule has 0 saturated carbocycles. The highest BCUT2D eigenvalue weighted by Crippen LogP contribution is 2.36. The van der Waals surface area contributed by atoms with Crippen molar-refractivity contribution < 1.29 is 4.42 Å². The van der Waals surface area contributed by atoms with Crippen LogP contribution in [0, 0.1) is 0 Å². The van der Waals surface area contributed by atoms with Gasteiger partial charge in [0.2, 0.25) is 0 Å². The molecule has 0 aliphatic carbocycles. The first-order valence-corrected chi connectivity index (χ1v) is 7.74. The number of benzene rings is 2. The first-order chi connectivity index (χ1) is 10.7. The van der Waals surface area contributed by atoms with E-state index in [1.807, 2.05) is 42.5 Å². The van der Waals surface area contributed by atoms with E-state index in [1.165, 1.54) is 0 Å². The van der Waals surface area contributed by atoms with E-state index < -0.39 is 0 Å². The van der Waals surface area contributed by atoms with E-state index in [2.05, 4.69) is 10.3 Å². The van der Waals surface area contributed by atoms with Gasteiger partial charge in [-0.3, -0.25) is 4.99 Å². The van der Waals surface area contributed by atoms with Gasteiger partial charge in [-0.1, -0.05) is 35.3 Å².